The molecule has 24 heavy (non-hydrogen) atoms. The molecule has 0 saturated carbocycles. The minimum absolute atomic E-state index is 1.23. The third kappa shape index (κ3) is 3.82. The summed E-state index contributed by atoms with van der Waals surface area (Å²) in [4.78, 5) is 6.85. The van der Waals surface area contributed by atoms with E-state index in [1.165, 1.54) is 32.3 Å². The SMILES string of the molecule is CN(C)c1ccc(C2=CC=C(c3ccc(N(C)C)cc3)SS2)cc1. The Labute approximate surface area is 152 Å². The first kappa shape index (κ1) is 17.1. The highest BCUT2D eigenvalue weighted by Gasteiger charge is 2.12. The van der Waals surface area contributed by atoms with Gasteiger partial charge in [-0.3, -0.25) is 0 Å². The smallest absolute Gasteiger partial charge is 0.0361 e. The second-order valence-corrected chi connectivity index (χ2v) is 8.32. The Morgan fingerprint density at radius 1 is 0.542 bits per heavy atom. The minimum atomic E-state index is 1.23. The van der Waals surface area contributed by atoms with Crippen molar-refractivity contribution in [3.63, 3.8) is 0 Å². The molecule has 2 nitrogen and oxygen atoms in total. The van der Waals surface area contributed by atoms with Crippen LogP contribution >= 0.6 is 21.6 Å². The molecule has 0 bridgehead atoms. The number of benzene rings is 2. The van der Waals surface area contributed by atoms with Crippen LogP contribution in [-0.4, -0.2) is 28.2 Å². The van der Waals surface area contributed by atoms with Gasteiger partial charge in [0, 0.05) is 49.4 Å². The van der Waals surface area contributed by atoms with Crippen molar-refractivity contribution in [3.05, 3.63) is 71.8 Å². The van der Waals surface area contributed by atoms with Crippen LogP contribution in [0, 0.1) is 0 Å². The zero-order valence-electron chi connectivity index (χ0n) is 14.5. The van der Waals surface area contributed by atoms with Gasteiger partial charge in [0.1, 0.15) is 0 Å². The molecule has 0 aromatic heterocycles. The molecule has 3 rings (SSSR count). The molecule has 0 N–H and O–H groups in total. The van der Waals surface area contributed by atoms with E-state index in [0.717, 1.165) is 0 Å². The average molecular weight is 355 g/mol. The first-order chi connectivity index (χ1) is 11.5. The van der Waals surface area contributed by atoms with E-state index in [1.807, 2.05) is 21.6 Å². The maximum Gasteiger partial charge on any atom is 0.0361 e. The highest BCUT2D eigenvalue weighted by molar-refractivity contribution is 8.83. The molecule has 0 saturated heterocycles. The van der Waals surface area contributed by atoms with Crippen LogP contribution in [0.2, 0.25) is 0 Å². The molecule has 4 heteroatoms. The van der Waals surface area contributed by atoms with Crippen molar-refractivity contribution in [3.8, 4) is 0 Å². The predicted octanol–water partition coefficient (Wildman–Crippen LogP) is 5.60. The van der Waals surface area contributed by atoms with Gasteiger partial charge >= 0.3 is 0 Å². The average Bonchev–Trinajstić information content (AvgIpc) is 2.62. The molecular formula is C20H22N2S2. The lowest BCUT2D eigenvalue weighted by Gasteiger charge is -2.17. The fourth-order valence-electron chi connectivity index (χ4n) is 2.43. The van der Waals surface area contributed by atoms with Gasteiger partial charge in [-0.1, -0.05) is 45.9 Å². The Hall–Kier alpha value is -1.78. The maximum absolute atomic E-state index is 2.22. The number of anilines is 2. The number of hydrogen-bond acceptors (Lipinski definition) is 4. The van der Waals surface area contributed by atoms with E-state index < -0.39 is 0 Å². The summed E-state index contributed by atoms with van der Waals surface area (Å²) in [6.07, 6.45) is 4.45. The monoisotopic (exact) mass is 354 g/mol. The van der Waals surface area contributed by atoms with Gasteiger partial charge in [0.25, 0.3) is 0 Å². The molecule has 0 radical (unpaired) electrons. The van der Waals surface area contributed by atoms with Crippen molar-refractivity contribution >= 4 is 42.8 Å². The van der Waals surface area contributed by atoms with Crippen molar-refractivity contribution in [1.29, 1.82) is 0 Å². The summed E-state index contributed by atoms with van der Waals surface area (Å²) in [6, 6.07) is 17.4. The molecule has 0 amide bonds. The largest absolute Gasteiger partial charge is 0.378 e. The number of rotatable bonds is 4. The zero-order valence-corrected chi connectivity index (χ0v) is 16.1. The first-order valence-corrected chi connectivity index (χ1v) is 10.0. The Morgan fingerprint density at radius 3 is 1.12 bits per heavy atom. The van der Waals surface area contributed by atoms with Crippen LogP contribution in [0.15, 0.2) is 60.7 Å². The topological polar surface area (TPSA) is 6.48 Å². The molecule has 0 unspecified atom stereocenters. The van der Waals surface area contributed by atoms with E-state index in [9.17, 15) is 0 Å². The number of allylic oxidation sites excluding steroid dienone is 2. The van der Waals surface area contributed by atoms with Gasteiger partial charge in [0.2, 0.25) is 0 Å². The van der Waals surface area contributed by atoms with Crippen molar-refractivity contribution in [2.45, 2.75) is 0 Å². The molecule has 2 aromatic carbocycles. The molecule has 1 heterocycles. The molecule has 0 aliphatic carbocycles. The Bertz CT molecular complexity index is 690. The lowest BCUT2D eigenvalue weighted by molar-refractivity contribution is 1.13. The number of hydrogen-bond donors (Lipinski definition) is 0. The van der Waals surface area contributed by atoms with E-state index in [2.05, 4.69) is 98.7 Å². The Morgan fingerprint density at radius 2 is 0.875 bits per heavy atom. The van der Waals surface area contributed by atoms with E-state index in [-0.39, 0.29) is 0 Å². The summed E-state index contributed by atoms with van der Waals surface area (Å²) >= 11 is 0. The summed E-state index contributed by atoms with van der Waals surface area (Å²) in [5, 5.41) is 0. The first-order valence-electron chi connectivity index (χ1n) is 7.86. The maximum atomic E-state index is 2.22. The third-order valence-electron chi connectivity index (χ3n) is 3.94. The van der Waals surface area contributed by atoms with E-state index in [4.69, 9.17) is 0 Å². The van der Waals surface area contributed by atoms with Crippen molar-refractivity contribution in [2.75, 3.05) is 38.0 Å². The van der Waals surface area contributed by atoms with Crippen molar-refractivity contribution in [2.24, 2.45) is 0 Å². The predicted molar refractivity (Wildman–Crippen MR) is 113 cm³/mol. The van der Waals surface area contributed by atoms with Gasteiger partial charge in [0.15, 0.2) is 0 Å². The van der Waals surface area contributed by atoms with Crippen LogP contribution in [0.1, 0.15) is 11.1 Å². The van der Waals surface area contributed by atoms with Gasteiger partial charge in [-0.2, -0.15) is 0 Å². The van der Waals surface area contributed by atoms with E-state index in [0.29, 0.717) is 0 Å². The third-order valence-corrected chi connectivity index (χ3v) is 6.46. The molecular weight excluding hydrogens is 332 g/mol. The second kappa shape index (κ2) is 7.41. The summed E-state index contributed by atoms with van der Waals surface area (Å²) < 4.78 is 0. The van der Waals surface area contributed by atoms with Crippen molar-refractivity contribution in [1.82, 2.24) is 0 Å². The number of nitrogens with zero attached hydrogens (tertiary/aromatic N) is 2. The van der Waals surface area contributed by atoms with Crippen LogP contribution in [0.4, 0.5) is 11.4 Å². The Balaban J connectivity index is 1.78. The lowest BCUT2D eigenvalue weighted by Crippen LogP contribution is -2.08. The summed E-state index contributed by atoms with van der Waals surface area (Å²) in [6.45, 7) is 0. The quantitative estimate of drug-likeness (QED) is 0.659. The van der Waals surface area contributed by atoms with Gasteiger partial charge in [-0.05, 0) is 47.5 Å². The molecule has 124 valence electrons. The van der Waals surface area contributed by atoms with Gasteiger partial charge in [-0.15, -0.1) is 0 Å². The minimum Gasteiger partial charge on any atom is -0.378 e. The summed E-state index contributed by atoms with van der Waals surface area (Å²) in [7, 11) is 11.9. The van der Waals surface area contributed by atoms with Crippen LogP contribution < -0.4 is 9.80 Å². The molecule has 2 aromatic rings. The van der Waals surface area contributed by atoms with Crippen LogP contribution in [0.3, 0.4) is 0 Å². The highest BCUT2D eigenvalue weighted by atomic mass is 33.1. The molecule has 0 spiro atoms. The van der Waals surface area contributed by atoms with E-state index in [1.54, 1.807) is 0 Å². The van der Waals surface area contributed by atoms with Gasteiger partial charge in [-0.25, -0.2) is 0 Å². The normalized spacial score (nSPS) is 14.0. The van der Waals surface area contributed by atoms with Crippen LogP contribution in [-0.2, 0) is 0 Å². The van der Waals surface area contributed by atoms with E-state index >= 15 is 0 Å². The fourth-order valence-corrected chi connectivity index (χ4v) is 4.77. The summed E-state index contributed by atoms with van der Waals surface area (Å²) in [5.74, 6) is 0. The highest BCUT2D eigenvalue weighted by Crippen LogP contribution is 2.48. The van der Waals surface area contributed by atoms with Crippen LogP contribution in [0.5, 0.6) is 0 Å². The molecule has 0 atom stereocenters. The standard InChI is InChI=1S/C20H22N2S2/c1-21(2)17-9-5-15(6-10-17)19-13-14-20(24-23-19)16-7-11-18(12-8-16)22(3)4/h5-14H,1-4H3. The van der Waals surface area contributed by atoms with Gasteiger partial charge in [0.05, 0.1) is 0 Å². The second-order valence-electron chi connectivity index (χ2n) is 6.11. The molecule has 1 aliphatic heterocycles. The lowest BCUT2D eigenvalue weighted by atomic mass is 10.1. The van der Waals surface area contributed by atoms with Crippen molar-refractivity contribution < 1.29 is 0 Å². The fraction of sp³-hybridized carbons (Fsp3) is 0.200. The van der Waals surface area contributed by atoms with Gasteiger partial charge < -0.3 is 9.80 Å². The Kier molecular flexibility index (Phi) is 5.27. The molecule has 0 fully saturated rings. The molecule has 1 aliphatic rings. The summed E-state index contributed by atoms with van der Waals surface area (Å²) in [5.41, 5.74) is 5.00. The van der Waals surface area contributed by atoms with Crippen LogP contribution in [0.25, 0.3) is 9.81 Å². The zero-order chi connectivity index (χ0) is 17.1.